The third-order valence-corrected chi connectivity index (χ3v) is 4.11. The number of hydrogen-bond donors (Lipinski definition) is 0. The topological polar surface area (TPSA) is 44.8 Å². The van der Waals surface area contributed by atoms with E-state index < -0.39 is 0 Å². The van der Waals surface area contributed by atoms with Crippen LogP contribution >= 0.6 is 0 Å². The molecule has 4 atom stereocenters. The van der Waals surface area contributed by atoms with Crippen LogP contribution in [-0.2, 0) is 19.0 Å². The van der Waals surface area contributed by atoms with Crippen molar-refractivity contribution >= 4 is 5.97 Å². The van der Waals surface area contributed by atoms with E-state index in [1.807, 2.05) is 0 Å². The first-order chi connectivity index (χ1) is 7.76. The summed E-state index contributed by atoms with van der Waals surface area (Å²) in [7, 11) is 0. The van der Waals surface area contributed by atoms with E-state index in [-0.39, 0.29) is 29.7 Å². The Morgan fingerprint density at radius 1 is 1.56 bits per heavy atom. The largest absolute Gasteiger partial charge is 0.465 e. The van der Waals surface area contributed by atoms with E-state index in [0.29, 0.717) is 6.61 Å². The van der Waals surface area contributed by atoms with Gasteiger partial charge >= 0.3 is 5.97 Å². The minimum Gasteiger partial charge on any atom is -0.465 e. The predicted molar refractivity (Wildman–Crippen MR) is 55.9 cm³/mol. The molecule has 0 amide bonds. The Morgan fingerprint density at radius 3 is 3.00 bits per heavy atom. The van der Waals surface area contributed by atoms with E-state index >= 15 is 0 Å². The molecule has 0 saturated carbocycles. The number of cyclic esters (lactones) is 1. The second-order valence-corrected chi connectivity index (χ2v) is 5.05. The van der Waals surface area contributed by atoms with E-state index in [9.17, 15) is 4.79 Å². The van der Waals surface area contributed by atoms with Crippen LogP contribution in [0, 0.1) is 5.41 Å². The van der Waals surface area contributed by atoms with Crippen molar-refractivity contribution in [2.75, 3.05) is 13.2 Å². The van der Waals surface area contributed by atoms with Crippen LogP contribution in [0.25, 0.3) is 0 Å². The predicted octanol–water partition coefficient (Wildman–Crippen LogP) is 1.28. The Hall–Kier alpha value is -0.610. The fourth-order valence-corrected chi connectivity index (χ4v) is 3.24. The van der Waals surface area contributed by atoms with Crippen LogP contribution in [-0.4, -0.2) is 37.5 Å². The second-order valence-electron chi connectivity index (χ2n) is 5.05. The van der Waals surface area contributed by atoms with Gasteiger partial charge in [0.1, 0.15) is 0 Å². The molecule has 3 aliphatic rings. The molecule has 1 spiro atoms. The summed E-state index contributed by atoms with van der Waals surface area (Å²) in [5, 5.41) is 0. The summed E-state index contributed by atoms with van der Waals surface area (Å²) in [6.07, 6.45) is 3.86. The molecule has 3 heterocycles. The molecule has 0 aromatic heterocycles. The number of carbonyl (C=O) groups is 1. The van der Waals surface area contributed by atoms with Crippen LogP contribution in [0.5, 0.6) is 0 Å². The van der Waals surface area contributed by atoms with Gasteiger partial charge in [-0.3, -0.25) is 4.79 Å². The quantitative estimate of drug-likeness (QED) is 0.680. The molecule has 4 heteroatoms. The Kier molecular flexibility index (Phi) is 2.44. The SMILES string of the molecule is CCCOC1CC2OC1CC21CCOC1=O. The number of carbonyl (C=O) groups excluding carboxylic acids is 1. The lowest BCUT2D eigenvalue weighted by atomic mass is 9.72. The zero-order valence-electron chi connectivity index (χ0n) is 9.61. The maximum absolute atomic E-state index is 11.8. The van der Waals surface area contributed by atoms with Gasteiger partial charge in [0.25, 0.3) is 0 Å². The van der Waals surface area contributed by atoms with Crippen LogP contribution in [0.3, 0.4) is 0 Å². The molecule has 0 N–H and O–H groups in total. The molecule has 2 bridgehead atoms. The number of fused-ring (bicyclic) bond motifs is 3. The maximum Gasteiger partial charge on any atom is 0.314 e. The van der Waals surface area contributed by atoms with Gasteiger partial charge in [0.2, 0.25) is 0 Å². The summed E-state index contributed by atoms with van der Waals surface area (Å²) >= 11 is 0. The average molecular weight is 226 g/mol. The van der Waals surface area contributed by atoms with Crippen molar-refractivity contribution in [1.82, 2.24) is 0 Å². The first kappa shape index (κ1) is 10.5. The zero-order chi connectivity index (χ0) is 11.2. The molecular formula is C12H18O4. The maximum atomic E-state index is 11.8. The molecule has 4 unspecified atom stereocenters. The fourth-order valence-electron chi connectivity index (χ4n) is 3.24. The molecule has 0 aliphatic carbocycles. The van der Waals surface area contributed by atoms with Gasteiger partial charge in [-0.1, -0.05) is 6.92 Å². The summed E-state index contributed by atoms with van der Waals surface area (Å²) < 4.78 is 16.7. The van der Waals surface area contributed by atoms with E-state index in [4.69, 9.17) is 14.2 Å². The number of hydrogen-bond acceptors (Lipinski definition) is 4. The lowest BCUT2D eigenvalue weighted by Crippen LogP contribution is -2.41. The van der Waals surface area contributed by atoms with Crippen molar-refractivity contribution in [3.8, 4) is 0 Å². The van der Waals surface area contributed by atoms with Gasteiger partial charge in [-0.05, 0) is 12.8 Å². The number of esters is 1. The molecule has 3 fully saturated rings. The van der Waals surface area contributed by atoms with Crippen molar-refractivity contribution in [3.63, 3.8) is 0 Å². The van der Waals surface area contributed by atoms with Crippen LogP contribution in [0.2, 0.25) is 0 Å². The number of rotatable bonds is 3. The molecular weight excluding hydrogens is 208 g/mol. The van der Waals surface area contributed by atoms with Crippen molar-refractivity contribution in [2.24, 2.45) is 5.41 Å². The zero-order valence-corrected chi connectivity index (χ0v) is 9.61. The Labute approximate surface area is 95.2 Å². The first-order valence-corrected chi connectivity index (χ1v) is 6.20. The van der Waals surface area contributed by atoms with Crippen molar-refractivity contribution in [1.29, 1.82) is 0 Å². The Morgan fingerprint density at radius 2 is 2.44 bits per heavy atom. The van der Waals surface area contributed by atoms with Gasteiger partial charge in [0.05, 0.1) is 30.3 Å². The molecule has 16 heavy (non-hydrogen) atoms. The summed E-state index contributed by atoms with van der Waals surface area (Å²) in [6.45, 7) is 3.45. The van der Waals surface area contributed by atoms with E-state index in [1.54, 1.807) is 0 Å². The molecule has 90 valence electrons. The van der Waals surface area contributed by atoms with Gasteiger partial charge in [-0.2, -0.15) is 0 Å². The molecule has 3 rings (SSSR count). The molecule has 3 saturated heterocycles. The van der Waals surface area contributed by atoms with E-state index in [0.717, 1.165) is 32.3 Å². The van der Waals surface area contributed by atoms with Gasteiger partial charge in [-0.25, -0.2) is 0 Å². The van der Waals surface area contributed by atoms with Gasteiger partial charge in [0.15, 0.2) is 0 Å². The fraction of sp³-hybridized carbons (Fsp3) is 0.917. The molecule has 0 aromatic carbocycles. The summed E-state index contributed by atoms with van der Waals surface area (Å²) in [4.78, 5) is 11.8. The van der Waals surface area contributed by atoms with Crippen LogP contribution in [0.4, 0.5) is 0 Å². The lowest BCUT2D eigenvalue weighted by molar-refractivity contribution is -0.149. The van der Waals surface area contributed by atoms with Gasteiger partial charge in [0, 0.05) is 19.4 Å². The minimum atomic E-state index is -0.323. The second kappa shape index (κ2) is 3.70. The Balaban J connectivity index is 1.68. The van der Waals surface area contributed by atoms with E-state index in [1.165, 1.54) is 0 Å². The lowest BCUT2D eigenvalue weighted by Gasteiger charge is -2.29. The molecule has 0 radical (unpaired) electrons. The highest BCUT2D eigenvalue weighted by atomic mass is 16.6. The molecule has 3 aliphatic heterocycles. The smallest absolute Gasteiger partial charge is 0.314 e. The monoisotopic (exact) mass is 226 g/mol. The summed E-state index contributed by atoms with van der Waals surface area (Å²) in [5.74, 6) is -0.0473. The van der Waals surface area contributed by atoms with Crippen molar-refractivity contribution in [3.05, 3.63) is 0 Å². The normalized spacial score (nSPS) is 45.6. The average Bonchev–Trinajstić information content (AvgIpc) is 2.92. The molecule has 4 nitrogen and oxygen atoms in total. The van der Waals surface area contributed by atoms with Crippen molar-refractivity contribution in [2.45, 2.75) is 50.9 Å². The van der Waals surface area contributed by atoms with Gasteiger partial charge in [-0.15, -0.1) is 0 Å². The Bertz CT molecular complexity index is 303. The standard InChI is InChI=1S/C12H18O4/c1-2-4-14-8-6-10-12(7-9(8)16-10)3-5-15-11(12)13/h8-10H,2-7H2,1H3. The summed E-state index contributed by atoms with van der Waals surface area (Å²) in [5.41, 5.74) is -0.323. The highest BCUT2D eigenvalue weighted by Crippen LogP contribution is 2.53. The highest BCUT2D eigenvalue weighted by Gasteiger charge is 2.63. The molecule has 0 aromatic rings. The highest BCUT2D eigenvalue weighted by molar-refractivity contribution is 5.80. The third kappa shape index (κ3) is 1.32. The number of ether oxygens (including phenoxy) is 3. The summed E-state index contributed by atoms with van der Waals surface area (Å²) in [6, 6.07) is 0. The van der Waals surface area contributed by atoms with Crippen LogP contribution < -0.4 is 0 Å². The van der Waals surface area contributed by atoms with E-state index in [2.05, 4.69) is 6.92 Å². The van der Waals surface area contributed by atoms with Crippen LogP contribution in [0.15, 0.2) is 0 Å². The minimum absolute atomic E-state index is 0.0364. The third-order valence-electron chi connectivity index (χ3n) is 4.11. The first-order valence-electron chi connectivity index (χ1n) is 6.20. The van der Waals surface area contributed by atoms with Crippen molar-refractivity contribution < 1.29 is 19.0 Å². The van der Waals surface area contributed by atoms with Crippen LogP contribution in [0.1, 0.15) is 32.6 Å². The van der Waals surface area contributed by atoms with Gasteiger partial charge < -0.3 is 14.2 Å².